The second kappa shape index (κ2) is 10.5. The van der Waals surface area contributed by atoms with E-state index in [1.54, 1.807) is 18.2 Å². The van der Waals surface area contributed by atoms with Crippen molar-refractivity contribution in [3.8, 4) is 16.9 Å². The van der Waals surface area contributed by atoms with Crippen LogP contribution in [0.1, 0.15) is 29.9 Å². The van der Waals surface area contributed by atoms with E-state index in [0.717, 1.165) is 28.5 Å². The minimum Gasteiger partial charge on any atom is -0.487 e. The Bertz CT molecular complexity index is 1360. The van der Waals surface area contributed by atoms with E-state index in [-0.39, 0.29) is 24.9 Å². The number of anilines is 1. The van der Waals surface area contributed by atoms with Crippen LogP contribution < -0.4 is 14.8 Å². The van der Waals surface area contributed by atoms with Crippen LogP contribution in [0, 0.1) is 0 Å². The van der Waals surface area contributed by atoms with Crippen molar-refractivity contribution in [1.82, 2.24) is 5.32 Å². The minimum atomic E-state index is -3.42. The highest BCUT2D eigenvalue weighted by molar-refractivity contribution is 7.92. The summed E-state index contributed by atoms with van der Waals surface area (Å²) in [6.07, 6.45) is 0.396. The van der Waals surface area contributed by atoms with Crippen molar-refractivity contribution in [2.24, 2.45) is 0 Å². The molecule has 1 saturated heterocycles. The van der Waals surface area contributed by atoms with E-state index >= 15 is 0 Å². The Morgan fingerprint density at radius 2 is 1.76 bits per heavy atom. The summed E-state index contributed by atoms with van der Waals surface area (Å²) in [5.74, 6) is 0.379. The van der Waals surface area contributed by atoms with Crippen molar-refractivity contribution in [2.75, 3.05) is 17.6 Å². The van der Waals surface area contributed by atoms with Crippen LogP contribution >= 0.6 is 0 Å². The molecular formula is C28H30N2O6S. The van der Waals surface area contributed by atoms with Crippen molar-refractivity contribution >= 4 is 21.6 Å². The summed E-state index contributed by atoms with van der Waals surface area (Å²) < 4.78 is 37.9. The first-order valence-electron chi connectivity index (χ1n) is 12.2. The van der Waals surface area contributed by atoms with Crippen molar-refractivity contribution in [3.63, 3.8) is 0 Å². The zero-order valence-electron chi connectivity index (χ0n) is 20.5. The molecule has 2 aliphatic rings. The molecule has 4 atom stereocenters. The molecule has 5 rings (SSSR count). The molecule has 2 aliphatic heterocycles. The number of hydrogen-bond donors (Lipinski definition) is 3. The number of amides is 1. The van der Waals surface area contributed by atoms with Crippen LogP contribution in [-0.2, 0) is 26.1 Å². The predicted molar refractivity (Wildman–Crippen MR) is 141 cm³/mol. The van der Waals surface area contributed by atoms with E-state index in [9.17, 15) is 18.3 Å². The number of aliphatic hydroxyl groups is 1. The molecule has 0 radical (unpaired) electrons. The van der Waals surface area contributed by atoms with Gasteiger partial charge in [0.2, 0.25) is 15.9 Å². The van der Waals surface area contributed by atoms with Gasteiger partial charge in [-0.2, -0.15) is 0 Å². The van der Waals surface area contributed by atoms with E-state index in [4.69, 9.17) is 9.47 Å². The normalized spacial score (nSPS) is 22.4. The molecule has 3 aromatic carbocycles. The van der Waals surface area contributed by atoms with Crippen molar-refractivity contribution in [3.05, 3.63) is 83.9 Å². The molecule has 3 N–H and O–H groups in total. The third-order valence-corrected chi connectivity index (χ3v) is 7.37. The monoisotopic (exact) mass is 522 g/mol. The summed E-state index contributed by atoms with van der Waals surface area (Å²) in [4.78, 5) is 12.8. The number of ether oxygens (including phenoxy) is 2. The summed E-state index contributed by atoms with van der Waals surface area (Å²) in [5, 5.41) is 12.9. The molecule has 0 saturated carbocycles. The Morgan fingerprint density at radius 3 is 2.46 bits per heavy atom. The number of sulfonamides is 1. The lowest BCUT2D eigenvalue weighted by Crippen LogP contribution is -2.47. The quantitative estimate of drug-likeness (QED) is 0.418. The molecule has 9 heteroatoms. The van der Waals surface area contributed by atoms with Gasteiger partial charge < -0.3 is 19.9 Å². The largest absolute Gasteiger partial charge is 0.487 e. The fraction of sp³-hybridized carbons (Fsp3) is 0.321. The van der Waals surface area contributed by atoms with Crippen LogP contribution in [0.5, 0.6) is 5.75 Å². The average molecular weight is 523 g/mol. The molecule has 0 aromatic heterocycles. The smallest absolute Gasteiger partial charge is 0.229 e. The molecule has 1 fully saturated rings. The summed E-state index contributed by atoms with van der Waals surface area (Å²) in [7, 11) is -3.42. The van der Waals surface area contributed by atoms with E-state index in [1.165, 1.54) is 0 Å². The van der Waals surface area contributed by atoms with E-state index in [1.807, 2.05) is 42.5 Å². The van der Waals surface area contributed by atoms with Crippen LogP contribution in [0.15, 0.2) is 72.8 Å². The highest BCUT2D eigenvalue weighted by Crippen LogP contribution is 2.47. The SMILES string of the molecule is CS(=O)(=O)Nc1ccc2c(c1)[C@@H]1C[C@@H](CC(=O)NCc3ccc(-c4ccccc4)cc3)O[C@@H](CO)[C@@H]1O2. The van der Waals surface area contributed by atoms with E-state index in [0.29, 0.717) is 24.4 Å². The lowest BCUT2D eigenvalue weighted by Gasteiger charge is -2.37. The van der Waals surface area contributed by atoms with Crippen molar-refractivity contribution in [2.45, 2.75) is 43.6 Å². The summed E-state index contributed by atoms with van der Waals surface area (Å²) >= 11 is 0. The molecule has 194 valence electrons. The fourth-order valence-electron chi connectivity index (χ4n) is 5.09. The Balaban J connectivity index is 1.21. The third kappa shape index (κ3) is 5.95. The number of benzene rings is 3. The average Bonchev–Trinajstić information content (AvgIpc) is 3.25. The summed E-state index contributed by atoms with van der Waals surface area (Å²) in [6, 6.07) is 23.3. The molecule has 2 heterocycles. The number of carbonyl (C=O) groups is 1. The van der Waals surface area contributed by atoms with Gasteiger partial charge in [-0.1, -0.05) is 54.6 Å². The van der Waals surface area contributed by atoms with Crippen LogP contribution in [0.3, 0.4) is 0 Å². The number of carbonyl (C=O) groups excluding carboxylic acids is 1. The Hall–Kier alpha value is -3.40. The number of hydrogen-bond acceptors (Lipinski definition) is 6. The molecule has 0 aliphatic carbocycles. The van der Waals surface area contributed by atoms with Crippen molar-refractivity contribution in [1.29, 1.82) is 0 Å². The van der Waals surface area contributed by atoms with Gasteiger partial charge in [-0.15, -0.1) is 0 Å². The van der Waals surface area contributed by atoms with Gasteiger partial charge in [-0.3, -0.25) is 9.52 Å². The molecule has 1 amide bonds. The van der Waals surface area contributed by atoms with Crippen LogP contribution in [-0.4, -0.2) is 50.6 Å². The maximum absolute atomic E-state index is 12.8. The molecular weight excluding hydrogens is 492 g/mol. The van der Waals surface area contributed by atoms with Gasteiger partial charge in [-0.25, -0.2) is 8.42 Å². The van der Waals surface area contributed by atoms with Gasteiger partial charge in [0.15, 0.2) is 0 Å². The first kappa shape index (κ1) is 25.3. The first-order valence-corrected chi connectivity index (χ1v) is 14.1. The van der Waals surface area contributed by atoms with Gasteiger partial charge in [0.25, 0.3) is 0 Å². The van der Waals surface area contributed by atoms with Gasteiger partial charge in [0, 0.05) is 23.7 Å². The molecule has 3 aromatic rings. The number of nitrogens with one attached hydrogen (secondary N) is 2. The standard InChI is InChI=1S/C28H30N2O6S/c1-37(33,34)30-21-11-12-25-23(13-21)24-14-22(35-26(17-31)28(24)36-25)15-27(32)29-16-18-7-9-20(10-8-18)19-5-3-2-4-6-19/h2-13,22,24,26,28,30-31H,14-17H2,1H3,(H,29,32)/t22-,24-,26-,28+/m0/s1. The van der Waals surface area contributed by atoms with Gasteiger partial charge in [0.1, 0.15) is 18.0 Å². The topological polar surface area (TPSA) is 114 Å². The zero-order chi connectivity index (χ0) is 26.0. The molecule has 37 heavy (non-hydrogen) atoms. The lowest BCUT2D eigenvalue weighted by atomic mass is 9.84. The minimum absolute atomic E-state index is 0.120. The number of fused-ring (bicyclic) bond motifs is 3. The Labute approximate surface area is 216 Å². The molecule has 8 nitrogen and oxygen atoms in total. The van der Waals surface area contributed by atoms with Gasteiger partial charge in [0.05, 0.1) is 25.4 Å². The zero-order valence-corrected chi connectivity index (χ0v) is 21.3. The second-order valence-corrected chi connectivity index (χ2v) is 11.3. The van der Waals surface area contributed by atoms with Crippen molar-refractivity contribution < 1.29 is 27.8 Å². The number of rotatable bonds is 8. The molecule has 0 bridgehead atoms. The lowest BCUT2D eigenvalue weighted by molar-refractivity contribution is -0.142. The predicted octanol–water partition coefficient (Wildman–Crippen LogP) is 3.43. The maximum atomic E-state index is 12.8. The Kier molecular flexibility index (Phi) is 7.19. The third-order valence-electron chi connectivity index (χ3n) is 6.77. The number of aliphatic hydroxyl groups excluding tert-OH is 1. The second-order valence-electron chi connectivity index (χ2n) is 9.57. The van der Waals surface area contributed by atoms with Crippen LogP contribution in [0.25, 0.3) is 11.1 Å². The highest BCUT2D eigenvalue weighted by Gasteiger charge is 2.46. The highest BCUT2D eigenvalue weighted by atomic mass is 32.2. The van der Waals surface area contributed by atoms with Crippen LogP contribution in [0.4, 0.5) is 5.69 Å². The molecule has 0 unspecified atom stereocenters. The van der Waals surface area contributed by atoms with Gasteiger partial charge in [-0.05, 0) is 41.3 Å². The maximum Gasteiger partial charge on any atom is 0.229 e. The van der Waals surface area contributed by atoms with E-state index < -0.39 is 28.3 Å². The summed E-state index contributed by atoms with van der Waals surface area (Å²) in [5.41, 5.74) is 4.55. The first-order chi connectivity index (χ1) is 17.8. The van der Waals surface area contributed by atoms with Gasteiger partial charge >= 0.3 is 0 Å². The van der Waals surface area contributed by atoms with E-state index in [2.05, 4.69) is 22.2 Å². The molecule has 0 spiro atoms. The Morgan fingerprint density at radius 1 is 1.03 bits per heavy atom. The summed E-state index contributed by atoms with van der Waals surface area (Å²) in [6.45, 7) is 0.165. The van der Waals surface area contributed by atoms with Crippen LogP contribution in [0.2, 0.25) is 0 Å². The fourth-order valence-corrected chi connectivity index (χ4v) is 5.65.